The molecule has 0 radical (unpaired) electrons. The molecule has 31 heavy (non-hydrogen) atoms. The summed E-state index contributed by atoms with van der Waals surface area (Å²) in [5, 5.41) is 2.73. The third kappa shape index (κ3) is 6.07. The van der Waals surface area contributed by atoms with E-state index in [9.17, 15) is 9.59 Å². The van der Waals surface area contributed by atoms with E-state index >= 15 is 0 Å². The molecule has 8 heteroatoms. The quantitative estimate of drug-likeness (QED) is 0.502. The summed E-state index contributed by atoms with van der Waals surface area (Å²) in [6.07, 6.45) is 1.49. The third-order valence-corrected chi connectivity index (χ3v) is 6.59. The number of amides is 2. The Morgan fingerprint density at radius 1 is 1.26 bits per heavy atom. The summed E-state index contributed by atoms with van der Waals surface area (Å²) in [5.74, 6) is -0.263. The Balaban J connectivity index is 1.79. The molecule has 0 saturated heterocycles. The molecule has 2 amide bonds. The fraction of sp³-hybridized carbons (Fsp3) is 0.478. The van der Waals surface area contributed by atoms with Crippen molar-refractivity contribution in [2.24, 2.45) is 0 Å². The molecule has 0 aliphatic carbocycles. The van der Waals surface area contributed by atoms with Crippen molar-refractivity contribution in [1.29, 1.82) is 0 Å². The number of rotatable bonds is 10. The second-order valence-corrected chi connectivity index (χ2v) is 8.83. The summed E-state index contributed by atoms with van der Waals surface area (Å²) in [5.41, 5.74) is 2.17. The first-order valence-corrected chi connectivity index (χ1v) is 11.8. The van der Waals surface area contributed by atoms with Gasteiger partial charge in [0.25, 0.3) is 0 Å². The zero-order valence-corrected chi connectivity index (χ0v) is 19.6. The number of methoxy groups -OCH3 is 1. The zero-order valence-electron chi connectivity index (χ0n) is 18.0. The van der Waals surface area contributed by atoms with Crippen molar-refractivity contribution in [1.82, 2.24) is 9.80 Å². The topological polar surface area (TPSA) is 59.1 Å². The van der Waals surface area contributed by atoms with Gasteiger partial charge >= 0.3 is 0 Å². The van der Waals surface area contributed by atoms with Crippen LogP contribution in [0.3, 0.4) is 0 Å². The zero-order chi connectivity index (χ0) is 22.2. The van der Waals surface area contributed by atoms with E-state index in [1.54, 1.807) is 16.2 Å². The minimum Gasteiger partial charge on any atom is -0.382 e. The molecule has 0 N–H and O–H groups in total. The first-order valence-electron chi connectivity index (χ1n) is 10.5. The normalized spacial score (nSPS) is 15.6. The molecular formula is C23H29ClN2O4S. The second kappa shape index (κ2) is 11.6. The van der Waals surface area contributed by atoms with Crippen LogP contribution in [-0.4, -0.2) is 68.2 Å². The SMILES string of the molecule is CCOCCCN(CC(=O)N1CCc2sccc2C1c1ccc(Cl)cc1)C(=O)COC. The van der Waals surface area contributed by atoms with Gasteiger partial charge in [-0.1, -0.05) is 23.7 Å². The number of carbonyl (C=O) groups is 2. The van der Waals surface area contributed by atoms with Crippen LogP contribution in [0.4, 0.5) is 0 Å². The largest absolute Gasteiger partial charge is 0.382 e. The van der Waals surface area contributed by atoms with Gasteiger partial charge in [-0.2, -0.15) is 0 Å². The van der Waals surface area contributed by atoms with Crippen LogP contribution < -0.4 is 0 Å². The van der Waals surface area contributed by atoms with Crippen molar-refractivity contribution in [2.75, 3.05) is 46.6 Å². The van der Waals surface area contributed by atoms with Gasteiger partial charge in [0.15, 0.2) is 0 Å². The molecule has 1 unspecified atom stereocenters. The minimum absolute atomic E-state index is 0.0257. The summed E-state index contributed by atoms with van der Waals surface area (Å²) in [4.78, 5) is 30.7. The van der Waals surface area contributed by atoms with Gasteiger partial charge < -0.3 is 19.3 Å². The lowest BCUT2D eigenvalue weighted by Gasteiger charge is -2.37. The van der Waals surface area contributed by atoms with E-state index in [4.69, 9.17) is 21.1 Å². The van der Waals surface area contributed by atoms with Gasteiger partial charge in [-0.25, -0.2) is 0 Å². The number of halogens is 1. The third-order valence-electron chi connectivity index (χ3n) is 5.34. The average molecular weight is 465 g/mol. The van der Waals surface area contributed by atoms with Gasteiger partial charge in [0, 0.05) is 43.3 Å². The molecule has 0 spiro atoms. The number of fused-ring (bicyclic) bond motifs is 1. The van der Waals surface area contributed by atoms with Crippen molar-refractivity contribution in [3.05, 3.63) is 56.7 Å². The van der Waals surface area contributed by atoms with Crippen LogP contribution in [0, 0.1) is 0 Å². The Bertz CT molecular complexity index is 871. The lowest BCUT2D eigenvalue weighted by molar-refractivity contribution is -0.143. The highest BCUT2D eigenvalue weighted by Crippen LogP contribution is 2.38. The molecule has 0 bridgehead atoms. The number of nitrogens with zero attached hydrogens (tertiary/aromatic N) is 2. The molecule has 1 aliphatic rings. The molecule has 168 valence electrons. The number of ether oxygens (including phenoxy) is 2. The van der Waals surface area contributed by atoms with Gasteiger partial charge in [0.05, 0.1) is 12.6 Å². The van der Waals surface area contributed by atoms with Crippen molar-refractivity contribution in [3.63, 3.8) is 0 Å². The highest BCUT2D eigenvalue weighted by Gasteiger charge is 2.33. The lowest BCUT2D eigenvalue weighted by Crippen LogP contribution is -2.47. The Labute approximate surface area is 192 Å². The highest BCUT2D eigenvalue weighted by atomic mass is 35.5. The average Bonchev–Trinajstić information content (AvgIpc) is 3.25. The first-order chi connectivity index (χ1) is 15.0. The van der Waals surface area contributed by atoms with E-state index in [0.29, 0.717) is 37.7 Å². The number of hydrogen-bond acceptors (Lipinski definition) is 5. The number of carbonyl (C=O) groups excluding carboxylic acids is 2. The Morgan fingerprint density at radius 3 is 2.74 bits per heavy atom. The summed E-state index contributed by atoms with van der Waals surface area (Å²) in [6.45, 7) is 4.17. The van der Waals surface area contributed by atoms with E-state index in [1.165, 1.54) is 12.0 Å². The van der Waals surface area contributed by atoms with Crippen molar-refractivity contribution in [2.45, 2.75) is 25.8 Å². The van der Waals surface area contributed by atoms with Crippen molar-refractivity contribution >= 4 is 34.8 Å². The van der Waals surface area contributed by atoms with E-state index in [1.807, 2.05) is 36.1 Å². The van der Waals surface area contributed by atoms with E-state index in [0.717, 1.165) is 17.5 Å². The maximum absolute atomic E-state index is 13.4. The summed E-state index contributed by atoms with van der Waals surface area (Å²) in [7, 11) is 1.48. The molecule has 3 rings (SSSR count). The van der Waals surface area contributed by atoms with E-state index in [-0.39, 0.29) is 31.0 Å². The van der Waals surface area contributed by atoms with Crippen LogP contribution in [0.25, 0.3) is 0 Å². The van der Waals surface area contributed by atoms with Gasteiger partial charge in [-0.3, -0.25) is 9.59 Å². The molecule has 0 saturated carbocycles. The Hall–Kier alpha value is -1.93. The molecule has 1 aromatic carbocycles. The van der Waals surface area contributed by atoms with Crippen LogP contribution in [0.5, 0.6) is 0 Å². The van der Waals surface area contributed by atoms with Crippen LogP contribution in [0.15, 0.2) is 35.7 Å². The minimum atomic E-state index is -0.191. The first kappa shape index (κ1) is 23.7. The number of thiophene rings is 1. The molecule has 1 aliphatic heterocycles. The van der Waals surface area contributed by atoms with Gasteiger partial charge in [0.1, 0.15) is 6.61 Å². The number of hydrogen-bond donors (Lipinski definition) is 0. The standard InChI is InChI=1S/C23H29ClN2O4S/c1-3-30-13-4-11-25(22(28)16-29-2)15-21(27)26-12-9-20-19(10-14-31-20)23(26)17-5-7-18(24)8-6-17/h5-8,10,14,23H,3-4,9,11-13,15-16H2,1-2H3. The monoisotopic (exact) mass is 464 g/mol. The lowest BCUT2D eigenvalue weighted by atomic mass is 9.93. The predicted octanol–water partition coefficient (Wildman–Crippen LogP) is 3.78. The van der Waals surface area contributed by atoms with Gasteiger partial charge in [0.2, 0.25) is 11.8 Å². The van der Waals surface area contributed by atoms with Crippen LogP contribution >= 0.6 is 22.9 Å². The molecule has 6 nitrogen and oxygen atoms in total. The molecule has 2 heterocycles. The molecule has 2 aromatic rings. The molecule has 1 atom stereocenters. The molecule has 0 fully saturated rings. The van der Waals surface area contributed by atoms with Crippen LogP contribution in [0.1, 0.15) is 35.4 Å². The second-order valence-electron chi connectivity index (χ2n) is 7.39. The fourth-order valence-electron chi connectivity index (χ4n) is 3.85. The maximum atomic E-state index is 13.4. The predicted molar refractivity (Wildman–Crippen MR) is 123 cm³/mol. The van der Waals surface area contributed by atoms with E-state index < -0.39 is 0 Å². The van der Waals surface area contributed by atoms with E-state index in [2.05, 4.69) is 11.4 Å². The van der Waals surface area contributed by atoms with Crippen LogP contribution in [-0.2, 0) is 25.5 Å². The Kier molecular flexibility index (Phi) is 8.90. The van der Waals surface area contributed by atoms with Crippen LogP contribution in [0.2, 0.25) is 5.02 Å². The smallest absolute Gasteiger partial charge is 0.249 e. The van der Waals surface area contributed by atoms with Crippen molar-refractivity contribution < 1.29 is 19.1 Å². The fourth-order valence-corrected chi connectivity index (χ4v) is 4.88. The number of benzene rings is 1. The maximum Gasteiger partial charge on any atom is 0.249 e. The summed E-state index contributed by atoms with van der Waals surface area (Å²) >= 11 is 7.81. The van der Waals surface area contributed by atoms with Crippen molar-refractivity contribution in [3.8, 4) is 0 Å². The van der Waals surface area contributed by atoms with Gasteiger partial charge in [-0.15, -0.1) is 11.3 Å². The summed E-state index contributed by atoms with van der Waals surface area (Å²) < 4.78 is 10.4. The van der Waals surface area contributed by atoms with Gasteiger partial charge in [-0.05, 0) is 54.5 Å². The summed E-state index contributed by atoms with van der Waals surface area (Å²) in [6, 6.07) is 9.55. The Morgan fingerprint density at radius 2 is 2.03 bits per heavy atom. The molecule has 1 aromatic heterocycles. The molecular weight excluding hydrogens is 436 g/mol. The highest BCUT2D eigenvalue weighted by molar-refractivity contribution is 7.10.